The van der Waals surface area contributed by atoms with Crippen molar-refractivity contribution in [1.82, 2.24) is 28.2 Å². The Balaban J connectivity index is 0.667. The van der Waals surface area contributed by atoms with Crippen LogP contribution in [0.5, 0.6) is 0 Å². The first-order valence-corrected chi connectivity index (χ1v) is 33.6. The smallest absolute Gasteiger partial charge is 0.160 e. The maximum Gasteiger partial charge on any atom is 0.160 e. The lowest BCUT2D eigenvalue weighted by atomic mass is 9.93. The summed E-state index contributed by atoms with van der Waals surface area (Å²) in [7, 11) is 0. The van der Waals surface area contributed by atoms with E-state index in [2.05, 4.69) is 358 Å². The summed E-state index contributed by atoms with van der Waals surface area (Å²) in [6, 6.07) is 124. The molecule has 0 fully saturated rings. The molecule has 0 atom stereocenters. The third kappa shape index (κ3) is 8.09. The Labute approximate surface area is 563 Å². The summed E-state index contributed by atoms with van der Waals surface area (Å²) in [6.07, 6.45) is 0. The normalized spacial score (nSPS) is 12.1. The van der Waals surface area contributed by atoms with Crippen molar-refractivity contribution in [3.05, 3.63) is 340 Å². The largest absolute Gasteiger partial charge is 0.309 e. The minimum Gasteiger partial charge on any atom is -0.309 e. The maximum absolute atomic E-state index is 5.67. The first kappa shape index (κ1) is 54.3. The Hall–Kier alpha value is -13.2. The van der Waals surface area contributed by atoms with Crippen LogP contribution in [0, 0.1) is 0 Å². The van der Waals surface area contributed by atoms with E-state index < -0.39 is 0 Å². The zero-order valence-electron chi connectivity index (χ0n) is 53.0. The molecule has 6 nitrogen and oxygen atoms in total. The topological polar surface area (TPSA) is 45.5 Å². The van der Waals surface area contributed by atoms with Gasteiger partial charge in [0.25, 0.3) is 0 Å². The minimum absolute atomic E-state index is 0.678. The fraction of sp³-hybridized carbons (Fsp3) is 0. The van der Waals surface area contributed by atoms with Crippen molar-refractivity contribution in [3.63, 3.8) is 0 Å². The van der Waals surface area contributed by atoms with Crippen LogP contribution in [0.15, 0.2) is 340 Å². The molecule has 0 radical (unpaired) electrons. The highest BCUT2D eigenvalue weighted by atomic mass is 15.0. The number of benzene rings is 15. The lowest BCUT2D eigenvalue weighted by Crippen LogP contribution is -1.99. The fourth-order valence-corrected chi connectivity index (χ4v) is 16.3. The number of para-hydroxylation sites is 6. The summed E-state index contributed by atoms with van der Waals surface area (Å²) in [6.45, 7) is 0. The molecule has 98 heavy (non-hydrogen) atoms. The molecule has 1 aliphatic rings. The van der Waals surface area contributed by atoms with E-state index in [9.17, 15) is 0 Å². The van der Waals surface area contributed by atoms with E-state index in [1.165, 1.54) is 109 Å². The van der Waals surface area contributed by atoms with Gasteiger partial charge in [-0.1, -0.05) is 206 Å². The summed E-state index contributed by atoms with van der Waals surface area (Å²) in [5, 5.41) is 12.2. The van der Waals surface area contributed by atoms with Crippen LogP contribution in [0.2, 0.25) is 0 Å². The van der Waals surface area contributed by atoms with Crippen molar-refractivity contribution >= 4 is 98.0 Å². The molecule has 5 heterocycles. The van der Waals surface area contributed by atoms with Crippen molar-refractivity contribution < 1.29 is 0 Å². The molecule has 454 valence electrons. The Bertz CT molecular complexity index is 6690. The van der Waals surface area contributed by atoms with Crippen LogP contribution >= 0.6 is 0 Å². The van der Waals surface area contributed by atoms with Gasteiger partial charge in [-0.3, -0.25) is 0 Å². The highest BCUT2D eigenvalue weighted by molar-refractivity contribution is 6.21. The molecule has 0 saturated heterocycles. The zero-order chi connectivity index (χ0) is 64.1. The lowest BCUT2D eigenvalue weighted by Gasteiger charge is -2.14. The quantitative estimate of drug-likeness (QED) is 0.145. The van der Waals surface area contributed by atoms with Crippen molar-refractivity contribution in [2.75, 3.05) is 0 Å². The molecule has 0 unspecified atom stereocenters. The monoisotopic (exact) mass is 1240 g/mol. The van der Waals surface area contributed by atoms with E-state index in [-0.39, 0.29) is 0 Å². The molecular formula is C92H56N6. The van der Waals surface area contributed by atoms with Gasteiger partial charge in [0, 0.05) is 88.1 Å². The molecule has 6 heteroatoms. The summed E-state index contributed by atoms with van der Waals surface area (Å²) < 4.78 is 9.57. The van der Waals surface area contributed by atoms with Crippen molar-refractivity contribution in [2.24, 2.45) is 0 Å². The van der Waals surface area contributed by atoms with Crippen molar-refractivity contribution in [1.29, 1.82) is 0 Å². The van der Waals surface area contributed by atoms with Crippen molar-refractivity contribution in [3.8, 4) is 101 Å². The molecule has 0 bridgehead atoms. The molecule has 0 N–H and O–H groups in total. The third-order valence-corrected chi connectivity index (χ3v) is 20.7. The number of aromatic nitrogens is 6. The van der Waals surface area contributed by atoms with E-state index in [1.807, 2.05) is 0 Å². The van der Waals surface area contributed by atoms with Gasteiger partial charge >= 0.3 is 0 Å². The molecule has 1 aliphatic carbocycles. The SMILES string of the molecule is c1ccc(-c2ccc3c4c(cccc24)-c2nc(-c4ccc(-n5c6ccccc6c6cc(-c7ccc8c(c7)c7ccccc7n8-c7ccccc7)ccc65)cc4)nc(-c4ccc(-n5c6ccccc6c6cc(-c7ccc8c(c7)c7ccccc7n8-c7ccccc7)ccc65)cc4)c2-3)cc1. The predicted molar refractivity (Wildman–Crippen MR) is 409 cm³/mol. The van der Waals surface area contributed by atoms with Gasteiger partial charge in [0.15, 0.2) is 5.82 Å². The number of fused-ring (bicyclic) bond motifs is 15. The van der Waals surface area contributed by atoms with E-state index >= 15 is 0 Å². The second kappa shape index (κ2) is 21.2. The Kier molecular flexibility index (Phi) is 11.7. The van der Waals surface area contributed by atoms with Crippen molar-refractivity contribution in [2.45, 2.75) is 0 Å². The van der Waals surface area contributed by atoms with E-state index in [4.69, 9.17) is 9.97 Å². The second-order valence-electron chi connectivity index (χ2n) is 26.0. The molecule has 0 saturated carbocycles. The number of rotatable bonds is 9. The standard InChI is InChI=1S/C92H56N6/c1-4-19-57(20-5-1)68-47-48-74-88-73(68)29-18-30-75(88)91-89(74)90(58-35-43-66(44-36-58)97-82-33-16-12-27-71(82)78-55-62(41-51-86(78)97)60-39-49-84-76(53-60)69-25-10-14-31-80(69)95(84)64-21-6-2-7-22-64)93-92(94-91)59-37-45-67(46-38-59)98-83-34-17-13-28-72(83)79-56-63(42-52-87(79)98)61-40-50-85-77(54-61)70-26-11-15-32-81(70)96(85)65-23-8-3-9-24-65/h1-56H. The second-order valence-corrected chi connectivity index (χ2v) is 26.0. The maximum atomic E-state index is 5.67. The van der Waals surface area contributed by atoms with Crippen LogP contribution in [-0.2, 0) is 0 Å². The molecular weight excluding hydrogens is 1190 g/mol. The Morgan fingerprint density at radius 3 is 0.939 bits per heavy atom. The van der Waals surface area contributed by atoms with Gasteiger partial charge in [0.2, 0.25) is 0 Å². The van der Waals surface area contributed by atoms with Crippen LogP contribution in [0.4, 0.5) is 0 Å². The van der Waals surface area contributed by atoms with Crippen LogP contribution in [0.1, 0.15) is 0 Å². The molecule has 20 aromatic rings. The number of hydrogen-bond acceptors (Lipinski definition) is 2. The Morgan fingerprint density at radius 2 is 0.510 bits per heavy atom. The van der Waals surface area contributed by atoms with Crippen LogP contribution in [-0.4, -0.2) is 28.2 Å². The molecule has 0 spiro atoms. The molecule has 15 aromatic carbocycles. The van der Waals surface area contributed by atoms with Gasteiger partial charge in [-0.25, -0.2) is 9.97 Å². The highest BCUT2D eigenvalue weighted by Gasteiger charge is 2.30. The van der Waals surface area contributed by atoms with E-state index in [0.717, 1.165) is 84.0 Å². The van der Waals surface area contributed by atoms with Gasteiger partial charge in [-0.15, -0.1) is 0 Å². The van der Waals surface area contributed by atoms with Crippen LogP contribution in [0.25, 0.3) is 199 Å². The van der Waals surface area contributed by atoms with E-state index in [1.54, 1.807) is 0 Å². The average molecular weight is 1250 g/mol. The molecule has 0 aliphatic heterocycles. The first-order valence-electron chi connectivity index (χ1n) is 33.6. The predicted octanol–water partition coefficient (Wildman–Crippen LogP) is 24.0. The fourth-order valence-electron chi connectivity index (χ4n) is 16.3. The van der Waals surface area contributed by atoms with Gasteiger partial charge < -0.3 is 18.3 Å². The molecule has 5 aromatic heterocycles. The van der Waals surface area contributed by atoms with Gasteiger partial charge in [0.05, 0.1) is 55.5 Å². The molecule has 21 rings (SSSR count). The summed E-state index contributed by atoms with van der Waals surface area (Å²) in [4.78, 5) is 11.3. The van der Waals surface area contributed by atoms with Crippen LogP contribution < -0.4 is 0 Å². The van der Waals surface area contributed by atoms with Gasteiger partial charge in [-0.05, 0) is 183 Å². The average Bonchev–Trinajstić information content (AvgIpc) is 1.57. The first-order chi connectivity index (χ1) is 48.6. The van der Waals surface area contributed by atoms with Gasteiger partial charge in [0.1, 0.15) is 0 Å². The minimum atomic E-state index is 0.678. The highest BCUT2D eigenvalue weighted by Crippen LogP contribution is 2.53. The summed E-state index contributed by atoms with van der Waals surface area (Å²) in [5.74, 6) is 0.678. The summed E-state index contributed by atoms with van der Waals surface area (Å²) in [5.41, 5.74) is 28.1. The van der Waals surface area contributed by atoms with Gasteiger partial charge in [-0.2, -0.15) is 0 Å². The number of nitrogens with zero attached hydrogens (tertiary/aromatic N) is 6. The summed E-state index contributed by atoms with van der Waals surface area (Å²) >= 11 is 0. The lowest BCUT2D eigenvalue weighted by molar-refractivity contribution is 1.16. The molecule has 0 amide bonds. The zero-order valence-corrected chi connectivity index (χ0v) is 53.0. The van der Waals surface area contributed by atoms with E-state index in [0.29, 0.717) is 5.82 Å². The van der Waals surface area contributed by atoms with Crippen LogP contribution in [0.3, 0.4) is 0 Å². The Morgan fingerprint density at radius 1 is 0.184 bits per heavy atom. The third-order valence-electron chi connectivity index (χ3n) is 20.7. The number of hydrogen-bond donors (Lipinski definition) is 0.